The van der Waals surface area contributed by atoms with Crippen molar-refractivity contribution in [2.24, 2.45) is 0 Å². The number of rotatable bonds is 5. The Labute approximate surface area is 223 Å². The van der Waals surface area contributed by atoms with Crippen LogP contribution in [0.4, 0.5) is 35.9 Å². The second-order valence-corrected chi connectivity index (χ2v) is 9.11. The van der Waals surface area contributed by atoms with Crippen LogP contribution in [0.1, 0.15) is 22.3 Å². The van der Waals surface area contributed by atoms with Crippen LogP contribution in [0.2, 0.25) is 0 Å². The van der Waals surface area contributed by atoms with Crippen molar-refractivity contribution in [2.45, 2.75) is 37.5 Å². The fourth-order valence-electron chi connectivity index (χ4n) is 4.98. The number of esters is 1. The molecule has 2 aromatic rings. The molecule has 3 aliphatic heterocycles. The van der Waals surface area contributed by atoms with Gasteiger partial charge in [-0.25, -0.2) is 34.4 Å². The second kappa shape index (κ2) is 9.61. The van der Waals surface area contributed by atoms with E-state index in [1.807, 2.05) is 0 Å². The number of benzene rings is 2. The summed E-state index contributed by atoms with van der Waals surface area (Å²) in [5.41, 5.74) is -2.88. The number of hydrogen-bond acceptors (Lipinski definition) is 4. The van der Waals surface area contributed by atoms with Crippen LogP contribution in [0.3, 0.4) is 0 Å². The topological polar surface area (TPSA) is 73.4 Å². The molecule has 0 radical (unpaired) electrons. The molecule has 3 heterocycles. The first kappa shape index (κ1) is 27.1. The van der Waals surface area contributed by atoms with Gasteiger partial charge in [0.2, 0.25) is 0 Å². The largest absolute Gasteiger partial charge is 0.466 e. The Morgan fingerprint density at radius 3 is 1.73 bits per heavy atom. The van der Waals surface area contributed by atoms with E-state index in [9.17, 15) is 40.7 Å². The van der Waals surface area contributed by atoms with E-state index in [2.05, 4.69) is 0 Å². The summed E-state index contributed by atoms with van der Waals surface area (Å²) in [6.07, 6.45) is -5.24. The first-order chi connectivity index (χ1) is 18.8. The molecule has 6 rings (SSSR count). The van der Waals surface area contributed by atoms with Crippen LogP contribution in [0.5, 0.6) is 0 Å². The SMILES string of the molecule is COC(=O)C1=CC2C=CC1N1C(=O)N(Cc3ccccc3C(F)(F)F)N(Cc3ccccc3C(F)(F)F)C(=O)N21. The van der Waals surface area contributed by atoms with Gasteiger partial charge in [0.1, 0.15) is 6.04 Å². The van der Waals surface area contributed by atoms with Crippen molar-refractivity contribution in [1.82, 2.24) is 20.0 Å². The van der Waals surface area contributed by atoms with Crippen LogP contribution < -0.4 is 0 Å². The summed E-state index contributed by atoms with van der Waals surface area (Å²) in [6.45, 7) is -1.56. The van der Waals surface area contributed by atoms with Crippen LogP contribution in [0.15, 0.2) is 72.3 Å². The molecular formula is C26H20F6N4O4. The second-order valence-electron chi connectivity index (χ2n) is 9.11. The number of hydrazine groups is 2. The van der Waals surface area contributed by atoms with Gasteiger partial charge in [-0.3, -0.25) is 0 Å². The Morgan fingerprint density at radius 1 is 0.775 bits per heavy atom. The summed E-state index contributed by atoms with van der Waals surface area (Å²) in [7, 11) is 1.12. The molecular weight excluding hydrogens is 546 g/mol. The molecule has 210 valence electrons. The Bertz CT molecular complexity index is 1440. The first-order valence-corrected chi connectivity index (χ1v) is 11.8. The molecule has 8 nitrogen and oxygen atoms in total. The highest BCUT2D eigenvalue weighted by Crippen LogP contribution is 2.39. The van der Waals surface area contributed by atoms with Crippen LogP contribution >= 0.6 is 0 Å². The summed E-state index contributed by atoms with van der Waals surface area (Å²) >= 11 is 0. The van der Waals surface area contributed by atoms with Crippen LogP contribution in [0, 0.1) is 0 Å². The van der Waals surface area contributed by atoms with Crippen molar-refractivity contribution in [3.8, 4) is 0 Å². The number of nitrogens with zero attached hydrogens (tertiary/aromatic N) is 4. The third-order valence-corrected chi connectivity index (χ3v) is 6.77. The van der Waals surface area contributed by atoms with Crippen molar-refractivity contribution >= 4 is 18.0 Å². The highest BCUT2D eigenvalue weighted by molar-refractivity contribution is 5.95. The fourth-order valence-corrected chi connectivity index (χ4v) is 4.98. The molecule has 4 aliphatic rings. The number of methoxy groups -OCH3 is 1. The van der Waals surface area contributed by atoms with Crippen molar-refractivity contribution < 1.29 is 45.5 Å². The lowest BCUT2D eigenvalue weighted by Gasteiger charge is -2.55. The summed E-state index contributed by atoms with van der Waals surface area (Å²) < 4.78 is 87.4. The molecule has 2 aromatic carbocycles. The monoisotopic (exact) mass is 566 g/mol. The van der Waals surface area contributed by atoms with Crippen molar-refractivity contribution in [1.29, 1.82) is 0 Å². The van der Waals surface area contributed by atoms with Crippen LogP contribution in [0.25, 0.3) is 0 Å². The molecule has 0 spiro atoms. The Morgan fingerprint density at radius 2 is 1.25 bits per heavy atom. The van der Waals surface area contributed by atoms with E-state index < -0.39 is 66.7 Å². The van der Waals surface area contributed by atoms with Crippen LogP contribution in [-0.4, -0.2) is 57.3 Å². The van der Waals surface area contributed by atoms with Gasteiger partial charge in [-0.2, -0.15) is 26.3 Å². The van der Waals surface area contributed by atoms with Gasteiger partial charge in [-0.05, 0) is 29.3 Å². The van der Waals surface area contributed by atoms with Gasteiger partial charge >= 0.3 is 30.4 Å². The standard InChI is InChI=1S/C26H20F6N4O4/c1-40-22(37)18-12-17-10-11-21(18)36-24(39)34(14-16-7-3-5-9-20(16)26(30,31)32)33(23(38)35(17)36)13-15-6-2-4-8-19(15)25(27,28)29/h2-12,17,21H,13-14H2,1H3. The molecule has 0 N–H and O–H groups in total. The summed E-state index contributed by atoms with van der Waals surface area (Å²) in [5, 5.41) is 3.22. The van der Waals surface area contributed by atoms with E-state index in [0.717, 1.165) is 53.5 Å². The average Bonchev–Trinajstić information content (AvgIpc) is 2.92. The number of carbonyl (C=O) groups excluding carboxylic acids is 3. The van der Waals surface area contributed by atoms with E-state index in [0.29, 0.717) is 10.0 Å². The molecule has 2 atom stereocenters. The third-order valence-electron chi connectivity index (χ3n) is 6.77. The van der Waals surface area contributed by atoms with Gasteiger partial charge in [-0.15, -0.1) is 0 Å². The zero-order valence-corrected chi connectivity index (χ0v) is 20.6. The lowest BCUT2D eigenvalue weighted by Crippen LogP contribution is -2.74. The number of carbonyl (C=O) groups is 3. The quantitative estimate of drug-likeness (QED) is 0.286. The minimum absolute atomic E-state index is 0.0268. The Hall–Kier alpha value is -4.49. The van der Waals surface area contributed by atoms with Gasteiger partial charge in [0.05, 0.1) is 42.9 Å². The summed E-state index contributed by atoms with van der Waals surface area (Å²) in [6, 6.07) is 4.66. The number of hydrogen-bond donors (Lipinski definition) is 0. The molecule has 2 bridgehead atoms. The minimum Gasteiger partial charge on any atom is -0.466 e. The highest BCUT2D eigenvalue weighted by atomic mass is 19.4. The third kappa shape index (κ3) is 4.52. The van der Waals surface area contributed by atoms with Crippen molar-refractivity contribution in [3.05, 3.63) is 94.6 Å². The van der Waals surface area contributed by atoms with E-state index in [4.69, 9.17) is 4.74 Å². The molecule has 4 amide bonds. The van der Waals surface area contributed by atoms with Crippen molar-refractivity contribution in [2.75, 3.05) is 7.11 Å². The number of urea groups is 2. The normalized spacial score (nSPS) is 20.6. The number of amides is 4. The predicted molar refractivity (Wildman–Crippen MR) is 125 cm³/mol. The molecule has 0 aromatic heterocycles. The molecule has 40 heavy (non-hydrogen) atoms. The smallest absolute Gasteiger partial charge is 0.416 e. The fraction of sp³-hybridized carbons (Fsp3) is 0.269. The van der Waals surface area contributed by atoms with Crippen molar-refractivity contribution in [3.63, 3.8) is 0 Å². The lowest BCUT2D eigenvalue weighted by atomic mass is 9.93. The van der Waals surface area contributed by atoms with E-state index in [1.165, 1.54) is 30.4 Å². The Kier molecular flexibility index (Phi) is 6.51. The summed E-state index contributed by atoms with van der Waals surface area (Å²) in [4.78, 5) is 40.1. The lowest BCUT2D eigenvalue weighted by molar-refractivity contribution is -0.143. The van der Waals surface area contributed by atoms with Gasteiger partial charge < -0.3 is 4.74 Å². The predicted octanol–water partition coefficient (Wildman–Crippen LogP) is 5.14. The maximum atomic E-state index is 13.9. The maximum Gasteiger partial charge on any atom is 0.416 e. The molecule has 0 saturated carbocycles. The molecule has 1 aliphatic carbocycles. The van der Waals surface area contributed by atoms with Gasteiger partial charge in [0.25, 0.3) is 0 Å². The first-order valence-electron chi connectivity index (χ1n) is 11.8. The summed E-state index contributed by atoms with van der Waals surface area (Å²) in [5.74, 6) is -0.783. The van der Waals surface area contributed by atoms with E-state index >= 15 is 0 Å². The average molecular weight is 566 g/mol. The molecule has 1 saturated heterocycles. The molecule has 2 unspecified atom stereocenters. The van der Waals surface area contributed by atoms with E-state index in [1.54, 1.807) is 0 Å². The minimum atomic E-state index is -4.81. The van der Waals surface area contributed by atoms with Gasteiger partial charge in [0, 0.05) is 0 Å². The number of alkyl halides is 6. The Balaban J connectivity index is 1.61. The molecule has 1 fully saturated rings. The van der Waals surface area contributed by atoms with Gasteiger partial charge in [0.15, 0.2) is 0 Å². The number of halogens is 6. The number of ether oxygens (including phenoxy) is 1. The highest BCUT2D eigenvalue weighted by Gasteiger charge is 2.53. The molecule has 14 heteroatoms. The zero-order valence-electron chi connectivity index (χ0n) is 20.6. The zero-order chi connectivity index (χ0) is 29.0. The van der Waals surface area contributed by atoms with Crippen LogP contribution in [-0.2, 0) is 35.0 Å². The van der Waals surface area contributed by atoms with Gasteiger partial charge in [-0.1, -0.05) is 48.6 Å². The van der Waals surface area contributed by atoms with E-state index in [-0.39, 0.29) is 16.7 Å². The maximum absolute atomic E-state index is 13.9.